The highest BCUT2D eigenvalue weighted by molar-refractivity contribution is 6.30. The molecule has 1 unspecified atom stereocenters. The maximum absolute atomic E-state index is 12.8. The Morgan fingerprint density at radius 2 is 1.81 bits per heavy atom. The Labute approximate surface area is 185 Å². The molecule has 0 saturated carbocycles. The lowest BCUT2D eigenvalue weighted by Gasteiger charge is -2.37. The van der Waals surface area contributed by atoms with Crippen LogP contribution in [0.25, 0.3) is 0 Å². The van der Waals surface area contributed by atoms with Crippen molar-refractivity contribution >= 4 is 23.3 Å². The number of alkyl halides is 6. The minimum atomic E-state index is -5.77. The second kappa shape index (κ2) is 10.0. The SMILES string of the molecule is O=C(OC(C(F)(F)F)C(F)(F)F)C1CNCCN1Cc1cc(Cl)ccc1N1CCOCC1. The Morgan fingerprint density at radius 3 is 2.44 bits per heavy atom. The largest absolute Gasteiger partial charge is 0.442 e. The summed E-state index contributed by atoms with van der Waals surface area (Å²) in [6.07, 6.45) is -15.7. The van der Waals surface area contributed by atoms with Crippen LogP contribution >= 0.6 is 11.6 Å². The summed E-state index contributed by atoms with van der Waals surface area (Å²) in [6.45, 7) is 2.83. The summed E-state index contributed by atoms with van der Waals surface area (Å²) in [6, 6.07) is 3.83. The van der Waals surface area contributed by atoms with Crippen molar-refractivity contribution in [3.05, 3.63) is 28.8 Å². The summed E-state index contributed by atoms with van der Waals surface area (Å²) in [5.41, 5.74) is 1.51. The van der Waals surface area contributed by atoms with E-state index < -0.39 is 30.5 Å². The number of piperazine rings is 1. The number of morpholine rings is 1. The van der Waals surface area contributed by atoms with Crippen LogP contribution in [0.2, 0.25) is 5.02 Å². The van der Waals surface area contributed by atoms with Crippen molar-refractivity contribution in [1.29, 1.82) is 0 Å². The van der Waals surface area contributed by atoms with Crippen LogP contribution in [0.1, 0.15) is 5.56 Å². The second-order valence-corrected chi connectivity index (χ2v) is 7.90. The lowest BCUT2D eigenvalue weighted by Crippen LogP contribution is -2.57. The summed E-state index contributed by atoms with van der Waals surface area (Å²) in [4.78, 5) is 15.9. The first-order valence-electron chi connectivity index (χ1n) is 9.86. The molecule has 180 valence electrons. The van der Waals surface area contributed by atoms with Crippen LogP contribution in [0, 0.1) is 0 Å². The van der Waals surface area contributed by atoms with Gasteiger partial charge in [0.15, 0.2) is 0 Å². The molecule has 1 aromatic rings. The van der Waals surface area contributed by atoms with E-state index in [0.717, 1.165) is 5.69 Å². The highest BCUT2D eigenvalue weighted by atomic mass is 35.5. The van der Waals surface area contributed by atoms with Crippen molar-refractivity contribution < 1.29 is 40.6 Å². The number of nitrogens with zero attached hydrogens (tertiary/aromatic N) is 2. The van der Waals surface area contributed by atoms with Crippen molar-refractivity contribution in [2.45, 2.75) is 31.0 Å². The standard InChI is InChI=1S/C19H22ClF6N3O3/c20-13-1-2-14(28-5-7-31-8-6-28)12(9-13)11-29-4-3-27-10-15(29)16(30)32-17(18(21,22)23)19(24,25)26/h1-2,9,15,17,27H,3-8,10-11H2. The van der Waals surface area contributed by atoms with Gasteiger partial charge in [-0.3, -0.25) is 9.69 Å². The molecule has 2 saturated heterocycles. The molecular formula is C19H22ClF6N3O3. The summed E-state index contributed by atoms with van der Waals surface area (Å²) >= 11 is 6.13. The van der Waals surface area contributed by atoms with Crippen LogP contribution in [0.15, 0.2) is 18.2 Å². The maximum atomic E-state index is 12.8. The third kappa shape index (κ3) is 6.18. The third-order valence-corrected chi connectivity index (χ3v) is 5.46. The zero-order valence-corrected chi connectivity index (χ0v) is 17.6. The molecule has 0 amide bonds. The minimum Gasteiger partial charge on any atom is -0.442 e. The Hall–Kier alpha value is -1.76. The first-order valence-corrected chi connectivity index (χ1v) is 10.2. The van der Waals surface area contributed by atoms with Crippen molar-refractivity contribution in [1.82, 2.24) is 10.2 Å². The number of ether oxygens (including phenoxy) is 2. The number of hydrogen-bond donors (Lipinski definition) is 1. The van der Waals surface area contributed by atoms with E-state index in [1.165, 1.54) is 4.90 Å². The van der Waals surface area contributed by atoms with Crippen LogP contribution in [0.5, 0.6) is 0 Å². The van der Waals surface area contributed by atoms with Crippen molar-refractivity contribution in [3.63, 3.8) is 0 Å². The molecule has 1 aromatic carbocycles. The molecule has 2 aliphatic rings. The summed E-state index contributed by atoms with van der Waals surface area (Å²) < 4.78 is 86.3. The Balaban J connectivity index is 1.80. The predicted octanol–water partition coefficient (Wildman–Crippen LogP) is 2.99. The normalized spacial score (nSPS) is 21.1. The highest BCUT2D eigenvalue weighted by Gasteiger charge is 2.60. The van der Waals surface area contributed by atoms with E-state index in [1.54, 1.807) is 18.2 Å². The molecule has 32 heavy (non-hydrogen) atoms. The van der Waals surface area contributed by atoms with Crippen LogP contribution in [-0.2, 0) is 20.8 Å². The van der Waals surface area contributed by atoms with Crippen molar-refractivity contribution in [2.75, 3.05) is 50.8 Å². The molecule has 0 bridgehead atoms. The van der Waals surface area contributed by atoms with Crippen molar-refractivity contribution in [3.8, 4) is 0 Å². The minimum absolute atomic E-state index is 0.0946. The van der Waals surface area contributed by atoms with Gasteiger partial charge < -0.3 is 19.7 Å². The van der Waals surface area contributed by atoms with E-state index >= 15 is 0 Å². The number of carbonyl (C=O) groups is 1. The lowest BCUT2D eigenvalue weighted by atomic mass is 10.1. The molecule has 13 heteroatoms. The van der Waals surface area contributed by atoms with Crippen LogP contribution in [-0.4, -0.2) is 81.3 Å². The number of carbonyl (C=O) groups excluding carboxylic acids is 1. The molecule has 1 N–H and O–H groups in total. The average Bonchev–Trinajstić information content (AvgIpc) is 2.71. The number of anilines is 1. The fourth-order valence-corrected chi connectivity index (χ4v) is 3.89. The fourth-order valence-electron chi connectivity index (χ4n) is 3.69. The molecule has 0 aromatic heterocycles. The Morgan fingerprint density at radius 1 is 1.16 bits per heavy atom. The molecule has 0 aliphatic carbocycles. The van der Waals surface area contributed by atoms with Gasteiger partial charge in [-0.05, 0) is 23.8 Å². The average molecular weight is 490 g/mol. The zero-order valence-electron chi connectivity index (χ0n) is 16.8. The van der Waals surface area contributed by atoms with E-state index in [0.29, 0.717) is 43.4 Å². The molecule has 6 nitrogen and oxygen atoms in total. The molecular weight excluding hydrogens is 468 g/mol. The molecule has 0 spiro atoms. The highest BCUT2D eigenvalue weighted by Crippen LogP contribution is 2.36. The van der Waals surface area contributed by atoms with Gasteiger partial charge >= 0.3 is 18.3 Å². The summed E-state index contributed by atoms with van der Waals surface area (Å²) in [5, 5.41) is 3.23. The number of halogens is 7. The first-order chi connectivity index (χ1) is 15.0. The van der Waals surface area contributed by atoms with Crippen molar-refractivity contribution in [2.24, 2.45) is 0 Å². The quantitative estimate of drug-likeness (QED) is 0.507. The summed E-state index contributed by atoms with van der Waals surface area (Å²) in [7, 11) is 0. The zero-order chi connectivity index (χ0) is 23.5. The predicted molar refractivity (Wildman–Crippen MR) is 104 cm³/mol. The maximum Gasteiger partial charge on any atom is 0.434 e. The smallest absolute Gasteiger partial charge is 0.434 e. The van der Waals surface area contributed by atoms with Gasteiger partial charge in [0, 0.05) is 50.0 Å². The van der Waals surface area contributed by atoms with E-state index in [2.05, 4.69) is 10.1 Å². The first kappa shape index (κ1) is 24.9. The number of rotatable bonds is 5. The molecule has 3 rings (SSSR count). The van der Waals surface area contributed by atoms with E-state index in [9.17, 15) is 31.1 Å². The topological polar surface area (TPSA) is 54.0 Å². The van der Waals surface area contributed by atoms with Gasteiger partial charge in [-0.25, -0.2) is 0 Å². The lowest BCUT2D eigenvalue weighted by molar-refractivity contribution is -0.314. The van der Waals surface area contributed by atoms with Gasteiger partial charge in [0.1, 0.15) is 6.04 Å². The third-order valence-electron chi connectivity index (χ3n) is 5.22. The molecule has 2 heterocycles. The number of benzene rings is 1. The van der Waals surface area contributed by atoms with Crippen LogP contribution < -0.4 is 10.2 Å². The monoisotopic (exact) mass is 489 g/mol. The van der Waals surface area contributed by atoms with E-state index in [-0.39, 0.29) is 19.6 Å². The molecule has 1 atom stereocenters. The molecule has 2 fully saturated rings. The van der Waals surface area contributed by atoms with E-state index in [1.807, 2.05) is 4.90 Å². The van der Waals surface area contributed by atoms with Gasteiger partial charge in [-0.1, -0.05) is 11.6 Å². The van der Waals surface area contributed by atoms with Gasteiger partial charge in [0.2, 0.25) is 0 Å². The van der Waals surface area contributed by atoms with Crippen LogP contribution in [0.3, 0.4) is 0 Å². The van der Waals surface area contributed by atoms with Gasteiger partial charge in [-0.15, -0.1) is 0 Å². The Bertz CT molecular complexity index is 787. The van der Waals surface area contributed by atoms with Gasteiger partial charge in [-0.2, -0.15) is 26.3 Å². The van der Waals surface area contributed by atoms with E-state index in [4.69, 9.17) is 16.3 Å². The molecule has 2 aliphatic heterocycles. The molecule has 0 radical (unpaired) electrons. The fraction of sp³-hybridized carbons (Fsp3) is 0.632. The number of hydrogen-bond acceptors (Lipinski definition) is 6. The van der Waals surface area contributed by atoms with Gasteiger partial charge in [0.05, 0.1) is 13.2 Å². The van der Waals surface area contributed by atoms with Gasteiger partial charge in [0.25, 0.3) is 6.10 Å². The van der Waals surface area contributed by atoms with Crippen LogP contribution in [0.4, 0.5) is 32.0 Å². The number of nitrogens with one attached hydrogen (secondary N) is 1. The summed E-state index contributed by atoms with van der Waals surface area (Å²) in [5.74, 6) is -1.59. The number of esters is 1. The second-order valence-electron chi connectivity index (χ2n) is 7.46. The Kier molecular flexibility index (Phi) is 7.79.